The molecule has 5 nitrogen and oxygen atoms in total. The van der Waals surface area contributed by atoms with Crippen molar-refractivity contribution in [3.05, 3.63) is 100 Å². The van der Waals surface area contributed by atoms with Crippen molar-refractivity contribution >= 4 is 5.91 Å². The van der Waals surface area contributed by atoms with Crippen molar-refractivity contribution in [3.63, 3.8) is 0 Å². The van der Waals surface area contributed by atoms with Gasteiger partial charge in [0.05, 0.1) is 5.69 Å². The Kier molecular flexibility index (Phi) is 7.43. The molecule has 1 saturated carbocycles. The molecule has 0 bridgehead atoms. The molecule has 4 aromatic rings. The van der Waals surface area contributed by atoms with Crippen molar-refractivity contribution in [3.8, 4) is 17.1 Å². The molecular weight excluding hydrogens is 516 g/mol. The summed E-state index contributed by atoms with van der Waals surface area (Å²) in [4.78, 5) is 19.8. The van der Waals surface area contributed by atoms with Gasteiger partial charge in [0, 0.05) is 36.5 Å². The maximum atomic E-state index is 12.6. The molecule has 3 heterocycles. The molecule has 216 valence electrons. The maximum Gasteiger partial charge on any atom is 0.225 e. The van der Waals surface area contributed by atoms with Crippen molar-refractivity contribution in [1.82, 2.24) is 19.7 Å². The molecule has 2 fully saturated rings. The van der Waals surface area contributed by atoms with Gasteiger partial charge in [-0.1, -0.05) is 56.3 Å². The molecule has 1 amide bonds. The molecule has 1 unspecified atom stereocenters. The summed E-state index contributed by atoms with van der Waals surface area (Å²) in [5.74, 6) is 2.68. The number of carbonyl (C=O) groups is 1. The minimum atomic E-state index is 0.332. The summed E-state index contributed by atoms with van der Waals surface area (Å²) in [6.07, 6.45) is 11.6. The van der Waals surface area contributed by atoms with Gasteiger partial charge in [-0.3, -0.25) is 4.79 Å². The first-order valence-corrected chi connectivity index (χ1v) is 16.2. The predicted molar refractivity (Wildman–Crippen MR) is 168 cm³/mol. The van der Waals surface area contributed by atoms with Gasteiger partial charge in [-0.25, -0.2) is 9.67 Å². The third-order valence-corrected chi connectivity index (χ3v) is 9.92. The SMILES string of the molecule is CCc1cc(CC2CCc3cccc(-c4cccc(-n5nccc5CC)n4)c32)ccc1C1CCN(C(=O)C2CC2)CC1. The largest absolute Gasteiger partial charge is 0.342 e. The van der Waals surface area contributed by atoms with Crippen LogP contribution >= 0.6 is 0 Å². The van der Waals surface area contributed by atoms with E-state index in [1.54, 1.807) is 0 Å². The zero-order chi connectivity index (χ0) is 28.6. The first-order valence-electron chi connectivity index (χ1n) is 16.2. The Balaban J connectivity index is 1.11. The molecule has 3 aliphatic rings. The summed E-state index contributed by atoms with van der Waals surface area (Å²) in [7, 11) is 0. The lowest BCUT2D eigenvalue weighted by Crippen LogP contribution is -2.38. The number of hydrogen-bond donors (Lipinski definition) is 0. The second-order valence-electron chi connectivity index (χ2n) is 12.5. The van der Waals surface area contributed by atoms with Crippen LogP contribution in [-0.2, 0) is 30.5 Å². The van der Waals surface area contributed by atoms with Crippen LogP contribution in [0.2, 0.25) is 0 Å². The minimum absolute atomic E-state index is 0.332. The molecule has 2 aliphatic carbocycles. The Morgan fingerprint density at radius 2 is 1.74 bits per heavy atom. The Labute approximate surface area is 250 Å². The third-order valence-electron chi connectivity index (χ3n) is 9.92. The minimum Gasteiger partial charge on any atom is -0.342 e. The lowest BCUT2D eigenvalue weighted by atomic mass is 9.83. The van der Waals surface area contributed by atoms with Crippen LogP contribution in [0.1, 0.15) is 91.3 Å². The molecule has 2 aromatic heterocycles. The second-order valence-corrected chi connectivity index (χ2v) is 12.5. The van der Waals surface area contributed by atoms with Crippen LogP contribution in [-0.4, -0.2) is 38.7 Å². The van der Waals surface area contributed by atoms with E-state index in [0.717, 1.165) is 76.0 Å². The van der Waals surface area contributed by atoms with E-state index in [2.05, 4.69) is 84.5 Å². The third kappa shape index (κ3) is 5.19. The summed E-state index contributed by atoms with van der Waals surface area (Å²) in [5, 5.41) is 4.55. The van der Waals surface area contributed by atoms with Crippen molar-refractivity contribution in [2.75, 3.05) is 13.1 Å². The van der Waals surface area contributed by atoms with Crippen LogP contribution in [0.5, 0.6) is 0 Å². The summed E-state index contributed by atoms with van der Waals surface area (Å²) in [6, 6.07) is 22.4. The number of nitrogens with zero attached hydrogens (tertiary/aromatic N) is 4. The fraction of sp³-hybridized carbons (Fsp3) is 0.432. The number of likely N-dealkylation sites (tertiary alicyclic amines) is 1. The molecule has 1 aliphatic heterocycles. The lowest BCUT2D eigenvalue weighted by molar-refractivity contribution is -0.133. The Hall–Kier alpha value is -3.73. The number of rotatable bonds is 8. The zero-order valence-electron chi connectivity index (χ0n) is 25.1. The Morgan fingerprint density at radius 3 is 2.52 bits per heavy atom. The van der Waals surface area contributed by atoms with Gasteiger partial charge >= 0.3 is 0 Å². The molecule has 0 N–H and O–H groups in total. The highest BCUT2D eigenvalue weighted by atomic mass is 16.2. The quantitative estimate of drug-likeness (QED) is 0.226. The van der Waals surface area contributed by atoms with Gasteiger partial charge in [-0.15, -0.1) is 0 Å². The highest BCUT2D eigenvalue weighted by Gasteiger charge is 2.35. The monoisotopic (exact) mass is 558 g/mol. The fourth-order valence-electron chi connectivity index (χ4n) is 7.49. The van der Waals surface area contributed by atoms with Gasteiger partial charge in [-0.2, -0.15) is 5.10 Å². The molecule has 7 rings (SSSR count). The number of aromatic nitrogens is 3. The predicted octanol–water partition coefficient (Wildman–Crippen LogP) is 7.45. The van der Waals surface area contributed by atoms with Gasteiger partial charge in [-0.05, 0) is 116 Å². The average Bonchev–Trinajstić information content (AvgIpc) is 3.64. The Bertz CT molecular complexity index is 1590. The fourth-order valence-corrected chi connectivity index (χ4v) is 7.49. The summed E-state index contributed by atoms with van der Waals surface area (Å²) in [5.41, 5.74) is 10.9. The number of aryl methyl sites for hydroxylation is 3. The van der Waals surface area contributed by atoms with Crippen LogP contribution in [0.4, 0.5) is 0 Å². The smallest absolute Gasteiger partial charge is 0.225 e. The number of carbonyl (C=O) groups excluding carboxylic acids is 1. The molecule has 42 heavy (non-hydrogen) atoms. The van der Waals surface area contributed by atoms with Crippen LogP contribution in [0.3, 0.4) is 0 Å². The summed E-state index contributed by atoms with van der Waals surface area (Å²) in [6.45, 7) is 6.28. The van der Waals surface area contributed by atoms with Gasteiger partial charge in [0.2, 0.25) is 5.91 Å². The van der Waals surface area contributed by atoms with Gasteiger partial charge in [0.15, 0.2) is 5.82 Å². The number of hydrogen-bond acceptors (Lipinski definition) is 3. The normalized spacial score (nSPS) is 18.8. The number of piperidine rings is 1. The van der Waals surface area contributed by atoms with Crippen molar-refractivity contribution in [1.29, 1.82) is 0 Å². The first-order chi connectivity index (χ1) is 20.6. The van der Waals surface area contributed by atoms with E-state index in [9.17, 15) is 4.79 Å². The van der Waals surface area contributed by atoms with Gasteiger partial charge in [0.25, 0.3) is 0 Å². The van der Waals surface area contributed by atoms with E-state index in [-0.39, 0.29) is 0 Å². The highest BCUT2D eigenvalue weighted by molar-refractivity contribution is 5.81. The van der Waals surface area contributed by atoms with E-state index in [4.69, 9.17) is 4.98 Å². The number of amides is 1. The Morgan fingerprint density at radius 1 is 0.905 bits per heavy atom. The van der Waals surface area contributed by atoms with E-state index in [1.165, 1.54) is 45.5 Å². The molecule has 0 radical (unpaired) electrons. The van der Waals surface area contributed by atoms with E-state index < -0.39 is 0 Å². The van der Waals surface area contributed by atoms with Crippen molar-refractivity contribution in [2.45, 2.75) is 83.5 Å². The molecule has 2 aromatic carbocycles. The highest BCUT2D eigenvalue weighted by Crippen LogP contribution is 2.42. The van der Waals surface area contributed by atoms with Crippen LogP contribution in [0.15, 0.2) is 66.9 Å². The zero-order valence-corrected chi connectivity index (χ0v) is 25.1. The molecule has 0 spiro atoms. The average molecular weight is 559 g/mol. The summed E-state index contributed by atoms with van der Waals surface area (Å²) >= 11 is 0. The van der Waals surface area contributed by atoms with Crippen LogP contribution in [0, 0.1) is 5.92 Å². The topological polar surface area (TPSA) is 51.0 Å². The van der Waals surface area contributed by atoms with Crippen LogP contribution in [0.25, 0.3) is 17.1 Å². The second kappa shape index (κ2) is 11.5. The lowest BCUT2D eigenvalue weighted by Gasteiger charge is -2.33. The van der Waals surface area contributed by atoms with Crippen molar-refractivity contribution < 1.29 is 4.79 Å². The number of pyridine rings is 1. The first kappa shape index (κ1) is 27.1. The van der Waals surface area contributed by atoms with Crippen LogP contribution < -0.4 is 0 Å². The standard InChI is InChI=1S/C37H42N4O/c1-3-26-23-25(11-16-32(26)27-18-21-40(22-19-27)37(42)29-13-14-29)24-30-15-12-28-7-5-8-33(36(28)30)34-9-6-10-35(39-34)41-31(4-2)17-20-38-41/h5-11,16-17,20,23,27,29-30H,3-4,12-15,18-19,21-22,24H2,1-2H3. The number of benzene rings is 2. The molecular formula is C37H42N4O. The van der Waals surface area contributed by atoms with Gasteiger partial charge < -0.3 is 4.90 Å². The summed E-state index contributed by atoms with van der Waals surface area (Å²) < 4.78 is 1.97. The van der Waals surface area contributed by atoms with E-state index in [0.29, 0.717) is 23.7 Å². The molecule has 1 saturated heterocycles. The van der Waals surface area contributed by atoms with Crippen molar-refractivity contribution in [2.24, 2.45) is 5.92 Å². The van der Waals surface area contributed by atoms with E-state index in [1.807, 2.05) is 10.9 Å². The molecule has 5 heteroatoms. The number of fused-ring (bicyclic) bond motifs is 1. The maximum absolute atomic E-state index is 12.6. The van der Waals surface area contributed by atoms with Gasteiger partial charge in [0.1, 0.15) is 0 Å². The van der Waals surface area contributed by atoms with E-state index >= 15 is 0 Å². The molecule has 1 atom stereocenters.